The molecule has 3 aromatic rings. The molecule has 0 spiro atoms. The molecule has 2 aromatic heterocycles. The molecule has 2 atom stereocenters. The number of aromatic amines is 1. The molecule has 0 bridgehead atoms. The molecule has 214 valence electrons. The number of alkyl halides is 3. The van der Waals surface area contributed by atoms with Crippen LogP contribution in [0.25, 0.3) is 0 Å². The zero-order chi connectivity index (χ0) is 28.5. The van der Waals surface area contributed by atoms with Gasteiger partial charge in [-0.05, 0) is 75.6 Å². The number of aliphatic hydroxyl groups is 1. The summed E-state index contributed by atoms with van der Waals surface area (Å²) in [6, 6.07) is 8.76. The van der Waals surface area contributed by atoms with Crippen molar-refractivity contribution < 1.29 is 18.3 Å². The van der Waals surface area contributed by atoms with Crippen molar-refractivity contribution in [3.63, 3.8) is 0 Å². The minimum absolute atomic E-state index is 0.0603. The van der Waals surface area contributed by atoms with Crippen molar-refractivity contribution in [1.82, 2.24) is 20.2 Å². The molecule has 0 radical (unpaired) electrons. The molecule has 8 nitrogen and oxygen atoms in total. The Bertz CT molecular complexity index is 1170. The van der Waals surface area contributed by atoms with Crippen LogP contribution in [0.4, 0.5) is 36.3 Å². The first-order chi connectivity index (χ1) is 18.5. The van der Waals surface area contributed by atoms with Gasteiger partial charge in [-0.25, -0.2) is 9.97 Å². The number of hydrogen-bond donors (Lipinski definition) is 5. The Kier molecular flexibility index (Phi) is 10.9. The number of unbranched alkanes of at least 4 members (excludes halogenated alkanes) is 1. The summed E-state index contributed by atoms with van der Waals surface area (Å²) in [4.78, 5) is 10.00. The SMILES string of the molecule is CCCCC(C)(O)CCCNc1cc(Nc2cc(C)[nH]n2)nc(Sc2ccc(NC(CC)C(F)(F)F)cc2)n1. The molecule has 2 unspecified atom stereocenters. The standard InChI is InChI=1S/C27H38F3N7OS/c1-5-7-13-26(4,38)14-8-15-31-22-17-23(33-24-16-18(3)36-37-24)35-25(34-22)39-20-11-9-19(10-12-20)32-21(6-2)27(28,29)30/h9-12,16-17,21,32,38H,5-8,13-15H2,1-4H3,(H3,31,33,34,35,36,37). The van der Waals surface area contributed by atoms with E-state index in [0.717, 1.165) is 36.3 Å². The van der Waals surface area contributed by atoms with E-state index in [4.69, 9.17) is 0 Å². The summed E-state index contributed by atoms with van der Waals surface area (Å²) in [6.07, 6.45) is -0.104. The molecule has 0 aliphatic heterocycles. The number of benzene rings is 1. The first-order valence-corrected chi connectivity index (χ1v) is 14.0. The Labute approximate surface area is 232 Å². The van der Waals surface area contributed by atoms with Gasteiger partial charge in [0.1, 0.15) is 17.7 Å². The number of nitrogens with one attached hydrogen (secondary N) is 4. The number of anilines is 4. The maximum Gasteiger partial charge on any atom is 0.408 e. The second-order valence-corrected chi connectivity index (χ2v) is 10.9. The number of nitrogens with zero attached hydrogens (tertiary/aromatic N) is 3. The fraction of sp³-hybridized carbons (Fsp3) is 0.519. The van der Waals surface area contributed by atoms with Gasteiger partial charge in [-0.15, -0.1) is 0 Å². The smallest absolute Gasteiger partial charge is 0.390 e. The first-order valence-electron chi connectivity index (χ1n) is 13.2. The van der Waals surface area contributed by atoms with Crippen molar-refractivity contribution in [2.75, 3.05) is 22.5 Å². The van der Waals surface area contributed by atoms with E-state index >= 15 is 0 Å². The Balaban J connectivity index is 1.70. The molecular weight excluding hydrogens is 527 g/mol. The highest BCUT2D eigenvalue weighted by Gasteiger charge is 2.38. The van der Waals surface area contributed by atoms with Crippen LogP contribution in [0.15, 0.2) is 46.5 Å². The molecule has 2 heterocycles. The lowest BCUT2D eigenvalue weighted by molar-refractivity contribution is -0.142. The van der Waals surface area contributed by atoms with Gasteiger partial charge < -0.3 is 21.1 Å². The van der Waals surface area contributed by atoms with Crippen LogP contribution in [0.1, 0.15) is 65.0 Å². The molecule has 0 fully saturated rings. The Morgan fingerprint density at radius 1 is 1.00 bits per heavy atom. The monoisotopic (exact) mass is 565 g/mol. The number of aromatic nitrogens is 4. The third-order valence-electron chi connectivity index (χ3n) is 6.14. The molecule has 0 aliphatic rings. The van der Waals surface area contributed by atoms with Gasteiger partial charge >= 0.3 is 6.18 Å². The van der Waals surface area contributed by atoms with E-state index in [-0.39, 0.29) is 6.42 Å². The predicted octanol–water partition coefficient (Wildman–Crippen LogP) is 7.29. The van der Waals surface area contributed by atoms with E-state index in [9.17, 15) is 18.3 Å². The van der Waals surface area contributed by atoms with E-state index in [1.165, 1.54) is 18.7 Å². The first kappa shape index (κ1) is 30.6. The van der Waals surface area contributed by atoms with E-state index in [0.29, 0.717) is 41.3 Å². The zero-order valence-corrected chi connectivity index (χ0v) is 23.6. The van der Waals surface area contributed by atoms with Crippen LogP contribution in [0.3, 0.4) is 0 Å². The van der Waals surface area contributed by atoms with Gasteiger partial charge in [0.05, 0.1) is 5.60 Å². The van der Waals surface area contributed by atoms with Crippen molar-refractivity contribution in [2.24, 2.45) is 0 Å². The maximum atomic E-state index is 13.1. The third kappa shape index (κ3) is 10.2. The highest BCUT2D eigenvalue weighted by Crippen LogP contribution is 2.31. The molecule has 0 saturated carbocycles. The van der Waals surface area contributed by atoms with Gasteiger partial charge in [-0.2, -0.15) is 18.3 Å². The second kappa shape index (κ2) is 13.9. The van der Waals surface area contributed by atoms with Crippen molar-refractivity contribution >= 4 is 34.9 Å². The summed E-state index contributed by atoms with van der Waals surface area (Å²) in [7, 11) is 0. The summed E-state index contributed by atoms with van der Waals surface area (Å²) < 4.78 is 39.3. The molecule has 0 saturated heterocycles. The van der Waals surface area contributed by atoms with Crippen molar-refractivity contribution in [3.8, 4) is 0 Å². The molecule has 12 heteroatoms. The molecule has 5 N–H and O–H groups in total. The average Bonchev–Trinajstić information content (AvgIpc) is 3.28. The van der Waals surface area contributed by atoms with Gasteiger partial charge in [0.15, 0.2) is 11.0 Å². The normalized spacial score (nSPS) is 14.1. The molecule has 3 rings (SSSR count). The van der Waals surface area contributed by atoms with Crippen LogP contribution in [0, 0.1) is 6.92 Å². The fourth-order valence-electron chi connectivity index (χ4n) is 3.95. The fourth-order valence-corrected chi connectivity index (χ4v) is 4.72. The minimum Gasteiger partial charge on any atom is -0.390 e. The molecule has 1 aromatic carbocycles. The van der Waals surface area contributed by atoms with E-state index in [1.54, 1.807) is 30.3 Å². The number of halogens is 3. The number of rotatable bonds is 15. The van der Waals surface area contributed by atoms with Gasteiger partial charge in [0.2, 0.25) is 0 Å². The zero-order valence-electron chi connectivity index (χ0n) is 22.8. The number of hydrogen-bond acceptors (Lipinski definition) is 8. The Morgan fingerprint density at radius 2 is 1.69 bits per heavy atom. The summed E-state index contributed by atoms with van der Waals surface area (Å²) in [5.41, 5.74) is 0.609. The van der Waals surface area contributed by atoms with Crippen LogP contribution in [-0.4, -0.2) is 49.6 Å². The largest absolute Gasteiger partial charge is 0.408 e. The molecule has 0 amide bonds. The number of aryl methyl sites for hydroxylation is 1. The topological polar surface area (TPSA) is 111 Å². The van der Waals surface area contributed by atoms with E-state index in [1.807, 2.05) is 19.9 Å². The van der Waals surface area contributed by atoms with Gasteiger partial charge in [0.25, 0.3) is 0 Å². The summed E-state index contributed by atoms with van der Waals surface area (Å²) in [5, 5.41) is 27.1. The number of H-pyrrole nitrogens is 1. The van der Waals surface area contributed by atoms with Gasteiger partial charge in [-0.3, -0.25) is 5.10 Å². The molecule has 39 heavy (non-hydrogen) atoms. The predicted molar refractivity (Wildman–Crippen MR) is 151 cm³/mol. The quantitative estimate of drug-likeness (QED) is 0.0965. The summed E-state index contributed by atoms with van der Waals surface area (Å²) in [6.45, 7) is 8.01. The lowest BCUT2D eigenvalue weighted by Crippen LogP contribution is -2.35. The van der Waals surface area contributed by atoms with Crippen LogP contribution < -0.4 is 16.0 Å². The Morgan fingerprint density at radius 3 is 2.31 bits per heavy atom. The van der Waals surface area contributed by atoms with E-state index < -0.39 is 17.8 Å². The van der Waals surface area contributed by atoms with Crippen LogP contribution in [-0.2, 0) is 0 Å². The lowest BCUT2D eigenvalue weighted by Gasteiger charge is -2.23. The molecular formula is C27H38F3N7OS. The lowest BCUT2D eigenvalue weighted by atomic mass is 9.94. The average molecular weight is 566 g/mol. The van der Waals surface area contributed by atoms with Gasteiger partial charge in [-0.1, -0.05) is 26.7 Å². The van der Waals surface area contributed by atoms with Gasteiger partial charge in [0, 0.05) is 35.0 Å². The second-order valence-electron chi connectivity index (χ2n) is 9.89. The van der Waals surface area contributed by atoms with Crippen LogP contribution >= 0.6 is 11.8 Å². The highest BCUT2D eigenvalue weighted by molar-refractivity contribution is 7.99. The Hall–Kier alpha value is -2.99. The minimum atomic E-state index is -4.31. The van der Waals surface area contributed by atoms with Crippen molar-refractivity contribution in [2.45, 2.75) is 94.1 Å². The summed E-state index contributed by atoms with van der Waals surface area (Å²) >= 11 is 1.30. The molecule has 0 aliphatic carbocycles. The third-order valence-corrected chi connectivity index (χ3v) is 7.02. The van der Waals surface area contributed by atoms with Crippen molar-refractivity contribution in [3.05, 3.63) is 42.1 Å². The van der Waals surface area contributed by atoms with Crippen molar-refractivity contribution in [1.29, 1.82) is 0 Å². The van der Waals surface area contributed by atoms with Crippen LogP contribution in [0.5, 0.6) is 0 Å². The van der Waals surface area contributed by atoms with E-state index in [2.05, 4.69) is 43.0 Å². The maximum absolute atomic E-state index is 13.1. The summed E-state index contributed by atoms with van der Waals surface area (Å²) in [5.74, 6) is 1.78. The highest BCUT2D eigenvalue weighted by atomic mass is 32.2. The van der Waals surface area contributed by atoms with Crippen LogP contribution in [0.2, 0.25) is 0 Å².